The summed E-state index contributed by atoms with van der Waals surface area (Å²) in [5.41, 5.74) is 5.68. The van der Waals surface area contributed by atoms with Crippen LogP contribution in [-0.4, -0.2) is 45.0 Å². The van der Waals surface area contributed by atoms with E-state index in [1.807, 2.05) is 0 Å². The summed E-state index contributed by atoms with van der Waals surface area (Å²) in [5.74, 6) is 0.527. The monoisotopic (exact) mass is 399 g/mol. The summed E-state index contributed by atoms with van der Waals surface area (Å²) in [6.07, 6.45) is 6.70. The van der Waals surface area contributed by atoms with Crippen molar-refractivity contribution in [3.05, 3.63) is 0 Å². The van der Waals surface area contributed by atoms with Gasteiger partial charge in [0.15, 0.2) is 5.96 Å². The van der Waals surface area contributed by atoms with Crippen molar-refractivity contribution in [3.63, 3.8) is 0 Å². The number of nitrogens with two attached hydrogens (primary N) is 1. The SMILES string of the molecule is CCCCCCNC(N)=NCC1(OC)CCOCC1.I. The van der Waals surface area contributed by atoms with E-state index in [1.54, 1.807) is 7.11 Å². The van der Waals surface area contributed by atoms with Crippen molar-refractivity contribution in [1.82, 2.24) is 5.32 Å². The molecule has 0 aromatic heterocycles. The molecule has 3 N–H and O–H groups in total. The number of nitrogens with zero attached hydrogens (tertiary/aromatic N) is 1. The van der Waals surface area contributed by atoms with Crippen molar-refractivity contribution < 1.29 is 9.47 Å². The van der Waals surface area contributed by atoms with Gasteiger partial charge in [-0.15, -0.1) is 24.0 Å². The van der Waals surface area contributed by atoms with E-state index in [1.165, 1.54) is 19.3 Å². The van der Waals surface area contributed by atoms with E-state index in [0.29, 0.717) is 12.5 Å². The number of nitrogens with one attached hydrogen (secondary N) is 1. The highest BCUT2D eigenvalue weighted by molar-refractivity contribution is 14.0. The Bertz CT molecular complexity index is 269. The topological polar surface area (TPSA) is 68.9 Å². The minimum absolute atomic E-state index is 0. The summed E-state index contributed by atoms with van der Waals surface area (Å²) < 4.78 is 11.0. The highest BCUT2D eigenvalue weighted by Crippen LogP contribution is 2.24. The van der Waals surface area contributed by atoms with E-state index < -0.39 is 0 Å². The van der Waals surface area contributed by atoms with Crippen LogP contribution in [0.25, 0.3) is 0 Å². The van der Waals surface area contributed by atoms with Crippen molar-refractivity contribution in [2.75, 3.05) is 33.4 Å². The Balaban J connectivity index is 0.00000361. The first-order valence-corrected chi connectivity index (χ1v) is 7.39. The summed E-state index contributed by atoms with van der Waals surface area (Å²) in [4.78, 5) is 4.41. The molecule has 0 aromatic rings. The maximum atomic E-state index is 5.87. The molecule has 0 aromatic carbocycles. The highest BCUT2D eigenvalue weighted by atomic mass is 127. The van der Waals surface area contributed by atoms with Crippen LogP contribution in [0.15, 0.2) is 4.99 Å². The van der Waals surface area contributed by atoms with Gasteiger partial charge in [-0.2, -0.15) is 0 Å². The van der Waals surface area contributed by atoms with Gasteiger partial charge in [0.05, 0.1) is 12.1 Å². The second-order valence-corrected chi connectivity index (χ2v) is 5.19. The molecule has 0 spiro atoms. The van der Waals surface area contributed by atoms with Crippen molar-refractivity contribution in [2.24, 2.45) is 10.7 Å². The van der Waals surface area contributed by atoms with E-state index in [0.717, 1.165) is 39.0 Å². The lowest BCUT2D eigenvalue weighted by Crippen LogP contribution is -2.42. The van der Waals surface area contributed by atoms with Gasteiger partial charge in [0, 0.05) is 39.7 Å². The summed E-state index contributed by atoms with van der Waals surface area (Å²) >= 11 is 0. The summed E-state index contributed by atoms with van der Waals surface area (Å²) in [6, 6.07) is 0. The van der Waals surface area contributed by atoms with Crippen LogP contribution in [0, 0.1) is 0 Å². The first-order chi connectivity index (χ1) is 9.22. The first-order valence-electron chi connectivity index (χ1n) is 7.39. The van der Waals surface area contributed by atoms with Gasteiger partial charge in [-0.3, -0.25) is 4.99 Å². The zero-order valence-electron chi connectivity index (χ0n) is 12.8. The number of halogens is 1. The quantitative estimate of drug-likeness (QED) is 0.285. The van der Waals surface area contributed by atoms with E-state index in [4.69, 9.17) is 15.2 Å². The van der Waals surface area contributed by atoms with Crippen LogP contribution in [-0.2, 0) is 9.47 Å². The molecule has 20 heavy (non-hydrogen) atoms. The number of aliphatic imine (C=N–C) groups is 1. The molecule has 0 atom stereocenters. The van der Waals surface area contributed by atoms with Crippen LogP contribution >= 0.6 is 24.0 Å². The Kier molecular flexibility index (Phi) is 11.5. The van der Waals surface area contributed by atoms with Gasteiger partial charge >= 0.3 is 0 Å². The van der Waals surface area contributed by atoms with Gasteiger partial charge in [0.25, 0.3) is 0 Å². The summed E-state index contributed by atoms with van der Waals surface area (Å²) in [6.45, 7) is 5.21. The van der Waals surface area contributed by atoms with Gasteiger partial charge in [0.1, 0.15) is 0 Å². The number of guanidine groups is 1. The Morgan fingerprint density at radius 1 is 1.30 bits per heavy atom. The van der Waals surface area contributed by atoms with Gasteiger partial charge in [0.2, 0.25) is 0 Å². The Labute approximate surface area is 140 Å². The van der Waals surface area contributed by atoms with E-state index >= 15 is 0 Å². The maximum Gasteiger partial charge on any atom is 0.188 e. The smallest absolute Gasteiger partial charge is 0.188 e. The van der Waals surface area contributed by atoms with E-state index in [2.05, 4.69) is 17.2 Å². The molecule has 0 radical (unpaired) electrons. The molecule has 5 nitrogen and oxygen atoms in total. The molecule has 0 amide bonds. The Morgan fingerprint density at radius 2 is 2.00 bits per heavy atom. The zero-order chi connectivity index (χ0) is 14.0. The lowest BCUT2D eigenvalue weighted by atomic mass is 9.94. The van der Waals surface area contributed by atoms with Crippen molar-refractivity contribution in [1.29, 1.82) is 0 Å². The second kappa shape index (κ2) is 11.6. The second-order valence-electron chi connectivity index (χ2n) is 5.19. The highest BCUT2D eigenvalue weighted by Gasteiger charge is 2.32. The normalized spacial score (nSPS) is 18.4. The lowest BCUT2D eigenvalue weighted by molar-refractivity contribution is -0.0828. The number of hydrogen-bond acceptors (Lipinski definition) is 3. The molecular formula is C14H30IN3O2. The van der Waals surface area contributed by atoms with Gasteiger partial charge in [-0.05, 0) is 6.42 Å². The molecular weight excluding hydrogens is 369 g/mol. The van der Waals surface area contributed by atoms with E-state index in [-0.39, 0.29) is 29.6 Å². The molecule has 6 heteroatoms. The fourth-order valence-electron chi connectivity index (χ4n) is 2.22. The number of hydrogen-bond donors (Lipinski definition) is 2. The molecule has 0 aliphatic carbocycles. The molecule has 1 rings (SSSR count). The van der Waals surface area contributed by atoms with Gasteiger partial charge in [-0.1, -0.05) is 26.2 Å². The molecule has 0 saturated carbocycles. The molecule has 1 aliphatic heterocycles. The number of rotatable bonds is 8. The molecule has 1 saturated heterocycles. The first kappa shape index (κ1) is 19.9. The fraction of sp³-hybridized carbons (Fsp3) is 0.929. The third kappa shape index (κ3) is 7.64. The average molecular weight is 399 g/mol. The average Bonchev–Trinajstić information content (AvgIpc) is 2.46. The molecule has 120 valence electrons. The molecule has 1 fully saturated rings. The van der Waals surface area contributed by atoms with Gasteiger partial charge in [-0.25, -0.2) is 0 Å². The van der Waals surface area contributed by atoms with Crippen molar-refractivity contribution in [3.8, 4) is 0 Å². The van der Waals surface area contributed by atoms with Crippen LogP contribution < -0.4 is 11.1 Å². The lowest BCUT2D eigenvalue weighted by Gasteiger charge is -2.34. The summed E-state index contributed by atoms with van der Waals surface area (Å²) in [5, 5.41) is 3.16. The van der Waals surface area contributed by atoms with Gasteiger partial charge < -0.3 is 20.5 Å². The molecule has 0 bridgehead atoms. The number of ether oxygens (including phenoxy) is 2. The minimum atomic E-state index is -0.188. The standard InChI is InChI=1S/C14H29N3O2.HI/c1-3-4-5-6-9-16-13(15)17-12-14(18-2)7-10-19-11-8-14;/h3-12H2,1-2H3,(H3,15,16,17);1H. The van der Waals surface area contributed by atoms with Crippen LogP contribution in [0.5, 0.6) is 0 Å². The van der Waals surface area contributed by atoms with Crippen LogP contribution in [0.2, 0.25) is 0 Å². The summed E-state index contributed by atoms with van der Waals surface area (Å²) in [7, 11) is 1.75. The molecule has 0 unspecified atom stereocenters. The minimum Gasteiger partial charge on any atom is -0.381 e. The van der Waals surface area contributed by atoms with Crippen molar-refractivity contribution in [2.45, 2.75) is 51.0 Å². The largest absolute Gasteiger partial charge is 0.381 e. The fourth-order valence-corrected chi connectivity index (χ4v) is 2.22. The number of methoxy groups -OCH3 is 1. The number of unbranched alkanes of at least 4 members (excludes halogenated alkanes) is 3. The predicted octanol–water partition coefficient (Wildman–Crippen LogP) is 2.28. The molecule has 1 heterocycles. The van der Waals surface area contributed by atoms with Crippen LogP contribution in [0.4, 0.5) is 0 Å². The predicted molar refractivity (Wildman–Crippen MR) is 93.8 cm³/mol. The maximum absolute atomic E-state index is 5.87. The Hall–Kier alpha value is -0.0800. The van der Waals surface area contributed by atoms with Crippen LogP contribution in [0.1, 0.15) is 45.4 Å². The third-order valence-electron chi connectivity index (χ3n) is 3.71. The third-order valence-corrected chi connectivity index (χ3v) is 3.71. The zero-order valence-corrected chi connectivity index (χ0v) is 15.2. The molecule has 1 aliphatic rings. The Morgan fingerprint density at radius 3 is 2.60 bits per heavy atom. The van der Waals surface area contributed by atoms with E-state index in [9.17, 15) is 0 Å². The van der Waals surface area contributed by atoms with Crippen LogP contribution in [0.3, 0.4) is 0 Å². The van der Waals surface area contributed by atoms with Crippen molar-refractivity contribution >= 4 is 29.9 Å².